The Labute approximate surface area is 117 Å². The summed E-state index contributed by atoms with van der Waals surface area (Å²) in [5, 5.41) is 14.1. The minimum Gasteiger partial charge on any atom is -0.463 e. The first kappa shape index (κ1) is 14.8. The molecule has 7 nitrogen and oxygen atoms in total. The summed E-state index contributed by atoms with van der Waals surface area (Å²) < 4.78 is 33.1. The Kier molecular flexibility index (Phi) is 3.72. The maximum atomic E-state index is 12.0. The van der Waals surface area contributed by atoms with Gasteiger partial charge in [0.05, 0.1) is 6.20 Å². The van der Waals surface area contributed by atoms with Crippen molar-refractivity contribution in [3.63, 3.8) is 0 Å². The molecule has 2 aromatic rings. The van der Waals surface area contributed by atoms with Crippen LogP contribution < -0.4 is 4.72 Å². The first-order valence-corrected chi connectivity index (χ1v) is 7.47. The number of sulfonamides is 1. The fourth-order valence-corrected chi connectivity index (χ4v) is 2.78. The third kappa shape index (κ3) is 3.09. The fraction of sp³-hybridized carbons (Fsp3) is 0.417. The van der Waals surface area contributed by atoms with Gasteiger partial charge < -0.3 is 9.52 Å². The van der Waals surface area contributed by atoms with Gasteiger partial charge in [-0.2, -0.15) is 5.10 Å². The quantitative estimate of drug-likeness (QED) is 0.838. The van der Waals surface area contributed by atoms with Crippen LogP contribution >= 0.6 is 0 Å². The highest BCUT2D eigenvalue weighted by atomic mass is 32.2. The smallest absolute Gasteiger partial charge is 0.243 e. The second-order valence-electron chi connectivity index (χ2n) is 4.86. The van der Waals surface area contributed by atoms with Gasteiger partial charge in [0.2, 0.25) is 10.0 Å². The lowest BCUT2D eigenvalue weighted by Gasteiger charge is -2.20. The van der Waals surface area contributed by atoms with Gasteiger partial charge in [0.15, 0.2) is 0 Å². The molecule has 0 aliphatic carbocycles. The molecule has 8 heteroatoms. The van der Waals surface area contributed by atoms with Crippen molar-refractivity contribution in [2.45, 2.75) is 24.3 Å². The van der Waals surface area contributed by atoms with E-state index < -0.39 is 15.6 Å². The van der Waals surface area contributed by atoms with Crippen molar-refractivity contribution < 1.29 is 17.9 Å². The number of furan rings is 1. The van der Waals surface area contributed by atoms with Gasteiger partial charge in [-0.1, -0.05) is 0 Å². The maximum absolute atomic E-state index is 12.0. The molecule has 0 saturated heterocycles. The Morgan fingerprint density at radius 3 is 2.70 bits per heavy atom. The summed E-state index contributed by atoms with van der Waals surface area (Å²) in [6, 6.07) is 3.33. The van der Waals surface area contributed by atoms with Crippen molar-refractivity contribution in [3.05, 3.63) is 36.0 Å². The van der Waals surface area contributed by atoms with Crippen LogP contribution in [0.15, 0.2) is 33.8 Å². The molecular formula is C12H17N3O4S. The molecule has 0 aliphatic rings. The number of aromatic nitrogens is 2. The van der Waals surface area contributed by atoms with Gasteiger partial charge in [-0.3, -0.25) is 4.68 Å². The van der Waals surface area contributed by atoms with Crippen LogP contribution in [0, 0.1) is 6.92 Å². The molecule has 0 aliphatic heterocycles. The SMILES string of the molecule is Cc1ccc(C(C)(O)CNS(=O)(=O)c2cnn(C)c2)o1. The van der Waals surface area contributed by atoms with Crippen LogP contribution in [0.2, 0.25) is 0 Å². The van der Waals surface area contributed by atoms with Crippen LogP contribution in [-0.4, -0.2) is 29.8 Å². The lowest BCUT2D eigenvalue weighted by atomic mass is 10.1. The second-order valence-corrected chi connectivity index (χ2v) is 6.63. The van der Waals surface area contributed by atoms with Crippen molar-refractivity contribution in [2.75, 3.05) is 6.54 Å². The molecule has 2 N–H and O–H groups in total. The van der Waals surface area contributed by atoms with Crippen LogP contribution in [0.1, 0.15) is 18.4 Å². The molecule has 20 heavy (non-hydrogen) atoms. The molecule has 0 amide bonds. The number of nitrogens with zero attached hydrogens (tertiary/aromatic N) is 2. The highest BCUT2D eigenvalue weighted by Crippen LogP contribution is 2.22. The van der Waals surface area contributed by atoms with Crippen molar-refractivity contribution in [3.8, 4) is 0 Å². The van der Waals surface area contributed by atoms with Crippen LogP contribution in [0.3, 0.4) is 0 Å². The van der Waals surface area contributed by atoms with Crippen molar-refractivity contribution in [1.29, 1.82) is 0 Å². The Morgan fingerprint density at radius 1 is 1.50 bits per heavy atom. The Balaban J connectivity index is 2.11. The Hall–Kier alpha value is -1.64. The van der Waals surface area contributed by atoms with Crippen molar-refractivity contribution in [1.82, 2.24) is 14.5 Å². The van der Waals surface area contributed by atoms with Gasteiger partial charge in [0, 0.05) is 19.8 Å². The predicted molar refractivity (Wildman–Crippen MR) is 71.4 cm³/mol. The minimum absolute atomic E-state index is 0.0476. The van der Waals surface area contributed by atoms with E-state index in [1.54, 1.807) is 26.1 Å². The number of rotatable bonds is 5. The minimum atomic E-state index is -3.71. The van der Waals surface area contributed by atoms with E-state index in [1.807, 2.05) is 0 Å². The van der Waals surface area contributed by atoms with Crippen LogP contribution in [0.5, 0.6) is 0 Å². The maximum Gasteiger partial charge on any atom is 0.243 e. The molecule has 0 bridgehead atoms. The summed E-state index contributed by atoms with van der Waals surface area (Å²) in [4.78, 5) is 0.0476. The standard InChI is InChI=1S/C12H17N3O4S/c1-9-4-5-11(19-9)12(2,16)8-14-20(17,18)10-6-13-15(3)7-10/h4-7,14,16H,8H2,1-3H3. The molecule has 0 radical (unpaired) electrons. The van der Waals surface area contributed by atoms with E-state index in [0.717, 1.165) is 0 Å². The Bertz CT molecular complexity index is 700. The summed E-state index contributed by atoms with van der Waals surface area (Å²) in [6.07, 6.45) is 2.63. The third-order valence-corrected chi connectivity index (χ3v) is 4.22. The highest BCUT2D eigenvalue weighted by molar-refractivity contribution is 7.89. The van der Waals surface area contributed by atoms with Crippen LogP contribution in [-0.2, 0) is 22.7 Å². The first-order valence-electron chi connectivity index (χ1n) is 5.98. The van der Waals surface area contributed by atoms with E-state index in [4.69, 9.17) is 4.42 Å². The van der Waals surface area contributed by atoms with Gasteiger partial charge >= 0.3 is 0 Å². The van der Waals surface area contributed by atoms with Gasteiger partial charge in [-0.05, 0) is 26.0 Å². The molecule has 0 spiro atoms. The molecule has 110 valence electrons. The topological polar surface area (TPSA) is 97.4 Å². The zero-order valence-corrected chi connectivity index (χ0v) is 12.3. The highest BCUT2D eigenvalue weighted by Gasteiger charge is 2.29. The van der Waals surface area contributed by atoms with Gasteiger partial charge in [0.25, 0.3) is 0 Å². The summed E-state index contributed by atoms with van der Waals surface area (Å²) >= 11 is 0. The molecule has 1 atom stereocenters. The normalized spacial score (nSPS) is 15.2. The number of nitrogens with one attached hydrogen (secondary N) is 1. The fourth-order valence-electron chi connectivity index (χ4n) is 1.67. The molecule has 2 aromatic heterocycles. The van der Waals surface area contributed by atoms with E-state index in [0.29, 0.717) is 11.5 Å². The van der Waals surface area contributed by atoms with Gasteiger partial charge in [0.1, 0.15) is 22.0 Å². The van der Waals surface area contributed by atoms with Crippen LogP contribution in [0.25, 0.3) is 0 Å². The zero-order valence-electron chi connectivity index (χ0n) is 11.5. The molecule has 2 heterocycles. The average Bonchev–Trinajstić information content (AvgIpc) is 2.96. The first-order chi connectivity index (χ1) is 9.21. The number of hydrogen-bond acceptors (Lipinski definition) is 5. The number of aliphatic hydroxyl groups is 1. The van der Waals surface area contributed by atoms with E-state index in [2.05, 4.69) is 9.82 Å². The zero-order chi connectivity index (χ0) is 15.0. The molecule has 1 unspecified atom stereocenters. The summed E-state index contributed by atoms with van der Waals surface area (Å²) in [6.45, 7) is 3.04. The summed E-state index contributed by atoms with van der Waals surface area (Å²) in [5.74, 6) is 0.958. The molecule has 0 aromatic carbocycles. The van der Waals surface area contributed by atoms with Gasteiger partial charge in [-0.15, -0.1) is 0 Å². The van der Waals surface area contributed by atoms with E-state index in [1.165, 1.54) is 24.0 Å². The summed E-state index contributed by atoms with van der Waals surface area (Å²) in [5.41, 5.74) is -1.43. The van der Waals surface area contributed by atoms with E-state index in [-0.39, 0.29) is 11.4 Å². The number of hydrogen-bond donors (Lipinski definition) is 2. The molecule has 0 fully saturated rings. The largest absolute Gasteiger partial charge is 0.463 e. The molecular weight excluding hydrogens is 282 g/mol. The lowest BCUT2D eigenvalue weighted by molar-refractivity contribution is 0.0387. The van der Waals surface area contributed by atoms with Crippen molar-refractivity contribution >= 4 is 10.0 Å². The molecule has 0 saturated carbocycles. The molecule has 2 rings (SSSR count). The average molecular weight is 299 g/mol. The monoisotopic (exact) mass is 299 g/mol. The third-order valence-electron chi connectivity index (χ3n) is 2.87. The van der Waals surface area contributed by atoms with Crippen molar-refractivity contribution in [2.24, 2.45) is 7.05 Å². The lowest BCUT2D eigenvalue weighted by Crippen LogP contribution is -2.38. The summed E-state index contributed by atoms with van der Waals surface area (Å²) in [7, 11) is -2.08. The van der Waals surface area contributed by atoms with E-state index in [9.17, 15) is 13.5 Å². The number of aryl methyl sites for hydroxylation is 2. The second kappa shape index (κ2) is 5.04. The Morgan fingerprint density at radius 2 is 2.20 bits per heavy atom. The van der Waals surface area contributed by atoms with E-state index >= 15 is 0 Å². The predicted octanol–water partition coefficient (Wildman–Crippen LogP) is 0.508. The van der Waals surface area contributed by atoms with Crippen LogP contribution in [0.4, 0.5) is 0 Å². The van der Waals surface area contributed by atoms with Gasteiger partial charge in [-0.25, -0.2) is 13.1 Å².